The number of aliphatic hydroxyl groups excluding tert-OH is 1. The summed E-state index contributed by atoms with van der Waals surface area (Å²) in [6, 6.07) is 14.5. The zero-order valence-corrected chi connectivity index (χ0v) is 20.6. The highest BCUT2D eigenvalue weighted by Gasteiger charge is 2.48. The van der Waals surface area contributed by atoms with Crippen LogP contribution in [0, 0.1) is 6.92 Å². The predicted octanol–water partition coefficient (Wildman–Crippen LogP) is 4.82. The van der Waals surface area contributed by atoms with Crippen molar-refractivity contribution in [3.63, 3.8) is 0 Å². The number of thiazole rings is 1. The molecule has 0 spiro atoms. The molecule has 1 aliphatic rings. The number of carbonyl (C=O) groups is 3. The van der Waals surface area contributed by atoms with Crippen molar-refractivity contribution in [2.45, 2.75) is 19.9 Å². The van der Waals surface area contributed by atoms with Crippen LogP contribution in [0.4, 0.5) is 5.13 Å². The standard InChI is InChI=1S/C27H24N2O6S/c1-4-15-35-19-13-11-18(12-14-19)22(30)20-21(17-9-7-6-8-10-17)29(25(32)23(20)31)27-28-16(3)24(36-27)26(33)34-5-2/h4,6-14,21,30H,1,5,15H2,2-3H3/b22-20+/t21-/m1/s1. The monoisotopic (exact) mass is 504 g/mol. The Hall–Kier alpha value is -4.24. The molecule has 36 heavy (non-hydrogen) atoms. The van der Waals surface area contributed by atoms with Crippen molar-refractivity contribution < 1.29 is 29.0 Å². The molecular formula is C27H24N2O6S. The Labute approximate surface area is 212 Å². The Morgan fingerprint density at radius 1 is 1.17 bits per heavy atom. The third-order valence-corrected chi connectivity index (χ3v) is 6.64. The molecule has 0 unspecified atom stereocenters. The summed E-state index contributed by atoms with van der Waals surface area (Å²) in [5.74, 6) is -2.00. The van der Waals surface area contributed by atoms with Gasteiger partial charge in [0.25, 0.3) is 5.78 Å². The van der Waals surface area contributed by atoms with Crippen molar-refractivity contribution >= 4 is 39.9 Å². The maximum atomic E-state index is 13.3. The lowest BCUT2D eigenvalue weighted by atomic mass is 9.95. The third kappa shape index (κ3) is 4.65. The quantitative estimate of drug-likeness (QED) is 0.154. The Morgan fingerprint density at radius 2 is 1.86 bits per heavy atom. The third-order valence-electron chi connectivity index (χ3n) is 5.51. The van der Waals surface area contributed by atoms with Gasteiger partial charge in [-0.3, -0.25) is 14.5 Å². The molecule has 8 nitrogen and oxygen atoms in total. The normalized spacial score (nSPS) is 16.7. The Kier molecular flexibility index (Phi) is 7.30. The number of esters is 1. The Balaban J connectivity index is 1.83. The van der Waals surface area contributed by atoms with E-state index in [1.807, 2.05) is 6.07 Å². The van der Waals surface area contributed by atoms with Crippen molar-refractivity contribution in [3.05, 3.63) is 94.5 Å². The summed E-state index contributed by atoms with van der Waals surface area (Å²) in [5, 5.41) is 11.4. The fourth-order valence-corrected chi connectivity index (χ4v) is 4.86. The number of ketones is 1. The van der Waals surface area contributed by atoms with Gasteiger partial charge in [-0.25, -0.2) is 9.78 Å². The van der Waals surface area contributed by atoms with Crippen LogP contribution in [0.5, 0.6) is 5.75 Å². The summed E-state index contributed by atoms with van der Waals surface area (Å²) in [5.41, 5.74) is 1.27. The lowest BCUT2D eigenvalue weighted by molar-refractivity contribution is -0.132. The molecule has 1 aromatic heterocycles. The largest absolute Gasteiger partial charge is 0.507 e. The van der Waals surface area contributed by atoms with Crippen LogP contribution in [0.15, 0.2) is 72.8 Å². The molecule has 0 radical (unpaired) electrons. The number of amides is 1. The minimum Gasteiger partial charge on any atom is -0.507 e. The fraction of sp³-hybridized carbons (Fsp3) is 0.185. The predicted molar refractivity (Wildman–Crippen MR) is 136 cm³/mol. The van der Waals surface area contributed by atoms with Gasteiger partial charge in [-0.15, -0.1) is 0 Å². The first-order chi connectivity index (χ1) is 17.4. The van der Waals surface area contributed by atoms with E-state index < -0.39 is 23.7 Å². The second kappa shape index (κ2) is 10.6. The molecular weight excluding hydrogens is 480 g/mol. The Morgan fingerprint density at radius 3 is 2.50 bits per heavy atom. The van der Waals surface area contributed by atoms with Gasteiger partial charge in [0.15, 0.2) is 5.13 Å². The van der Waals surface area contributed by atoms with Crippen LogP contribution in [0.25, 0.3) is 5.76 Å². The number of aryl methyl sites for hydroxylation is 1. The summed E-state index contributed by atoms with van der Waals surface area (Å²) in [6.45, 7) is 7.46. The maximum Gasteiger partial charge on any atom is 0.350 e. The fourth-order valence-electron chi connectivity index (χ4n) is 3.87. The van der Waals surface area contributed by atoms with Gasteiger partial charge in [-0.05, 0) is 43.7 Å². The number of Topliss-reactive ketones (excluding diaryl/α,β-unsaturated/α-hetero) is 1. The smallest absolute Gasteiger partial charge is 0.350 e. The molecule has 1 fully saturated rings. The SMILES string of the molecule is C=CCOc1ccc(/C(O)=C2\C(=O)C(=O)N(c3nc(C)c(C(=O)OCC)s3)[C@@H]2c2ccccc2)cc1. The van der Waals surface area contributed by atoms with Crippen LogP contribution < -0.4 is 9.64 Å². The van der Waals surface area contributed by atoms with Crippen LogP contribution in [-0.4, -0.2) is 41.0 Å². The Bertz CT molecular complexity index is 1340. The van der Waals surface area contributed by atoms with E-state index >= 15 is 0 Å². The van der Waals surface area contributed by atoms with E-state index in [1.165, 1.54) is 4.90 Å². The van der Waals surface area contributed by atoms with Crippen LogP contribution in [0.2, 0.25) is 0 Å². The molecule has 1 aliphatic heterocycles. The van der Waals surface area contributed by atoms with Gasteiger partial charge in [0.1, 0.15) is 23.0 Å². The van der Waals surface area contributed by atoms with Gasteiger partial charge < -0.3 is 14.6 Å². The van der Waals surface area contributed by atoms with E-state index in [1.54, 1.807) is 68.5 Å². The topological polar surface area (TPSA) is 106 Å². The number of rotatable bonds is 8. The van der Waals surface area contributed by atoms with Crippen LogP contribution >= 0.6 is 11.3 Å². The van der Waals surface area contributed by atoms with Gasteiger partial charge in [0.2, 0.25) is 0 Å². The van der Waals surface area contributed by atoms with Gasteiger partial charge in [0, 0.05) is 5.56 Å². The second-order valence-corrected chi connectivity index (χ2v) is 8.81. The lowest BCUT2D eigenvalue weighted by Crippen LogP contribution is -2.29. The number of hydrogen-bond donors (Lipinski definition) is 1. The van der Waals surface area contributed by atoms with E-state index in [9.17, 15) is 19.5 Å². The molecule has 2 aromatic carbocycles. The van der Waals surface area contributed by atoms with Crippen LogP contribution in [0.3, 0.4) is 0 Å². The van der Waals surface area contributed by atoms with Gasteiger partial charge in [-0.1, -0.05) is 54.3 Å². The van der Waals surface area contributed by atoms with E-state index in [4.69, 9.17) is 9.47 Å². The molecule has 184 valence electrons. The van der Waals surface area contributed by atoms with Crippen molar-refractivity contribution in [2.75, 3.05) is 18.1 Å². The molecule has 1 amide bonds. The zero-order chi connectivity index (χ0) is 25.8. The highest BCUT2D eigenvalue weighted by molar-refractivity contribution is 7.17. The van der Waals surface area contributed by atoms with E-state index in [-0.39, 0.29) is 27.9 Å². The molecule has 1 N–H and O–H groups in total. The zero-order valence-electron chi connectivity index (χ0n) is 19.8. The molecule has 0 bridgehead atoms. The van der Waals surface area contributed by atoms with Crippen molar-refractivity contribution in [1.82, 2.24) is 4.98 Å². The molecule has 1 saturated heterocycles. The molecule has 3 aromatic rings. The van der Waals surface area contributed by atoms with Crippen LogP contribution in [-0.2, 0) is 14.3 Å². The van der Waals surface area contributed by atoms with E-state index in [0.29, 0.717) is 29.2 Å². The second-order valence-electron chi connectivity index (χ2n) is 7.84. The summed E-state index contributed by atoms with van der Waals surface area (Å²) in [7, 11) is 0. The molecule has 0 saturated carbocycles. The minimum absolute atomic E-state index is 0.0727. The van der Waals surface area contributed by atoms with Crippen molar-refractivity contribution in [3.8, 4) is 5.75 Å². The minimum atomic E-state index is -0.941. The van der Waals surface area contributed by atoms with Gasteiger partial charge >= 0.3 is 11.9 Å². The first-order valence-corrected chi connectivity index (χ1v) is 12.0. The van der Waals surface area contributed by atoms with Crippen LogP contribution in [0.1, 0.15) is 39.5 Å². The number of aromatic nitrogens is 1. The first kappa shape index (κ1) is 24.9. The number of anilines is 1. The van der Waals surface area contributed by atoms with Gasteiger partial charge in [0.05, 0.1) is 23.9 Å². The first-order valence-electron chi connectivity index (χ1n) is 11.2. The molecule has 0 aliphatic carbocycles. The van der Waals surface area contributed by atoms with Crippen molar-refractivity contribution in [1.29, 1.82) is 0 Å². The van der Waals surface area contributed by atoms with E-state index in [0.717, 1.165) is 11.3 Å². The highest BCUT2D eigenvalue weighted by atomic mass is 32.1. The number of nitrogens with zero attached hydrogens (tertiary/aromatic N) is 2. The summed E-state index contributed by atoms with van der Waals surface area (Å²) < 4.78 is 10.6. The number of hydrogen-bond acceptors (Lipinski definition) is 8. The van der Waals surface area contributed by atoms with Gasteiger partial charge in [-0.2, -0.15) is 0 Å². The average Bonchev–Trinajstić information content (AvgIpc) is 3.40. The summed E-state index contributed by atoms with van der Waals surface area (Å²) >= 11 is 0.967. The number of ether oxygens (including phenoxy) is 2. The van der Waals surface area contributed by atoms with Crippen molar-refractivity contribution in [2.24, 2.45) is 0 Å². The van der Waals surface area contributed by atoms with E-state index in [2.05, 4.69) is 11.6 Å². The lowest BCUT2D eigenvalue weighted by Gasteiger charge is -2.23. The average molecular weight is 505 g/mol. The molecule has 9 heteroatoms. The molecule has 4 rings (SSSR count). The maximum absolute atomic E-state index is 13.3. The number of carbonyl (C=O) groups excluding carboxylic acids is 3. The summed E-state index contributed by atoms with van der Waals surface area (Å²) in [6.07, 6.45) is 1.61. The summed E-state index contributed by atoms with van der Waals surface area (Å²) in [4.78, 5) is 44.8. The number of aliphatic hydroxyl groups is 1. The highest BCUT2D eigenvalue weighted by Crippen LogP contribution is 2.44. The molecule has 2 heterocycles. The number of benzene rings is 2. The molecule has 1 atom stereocenters.